The van der Waals surface area contributed by atoms with E-state index in [-0.39, 0.29) is 8.76 Å². The highest BCUT2D eigenvalue weighted by Gasteiger charge is 1.94. The van der Waals surface area contributed by atoms with Crippen molar-refractivity contribution in [3.05, 3.63) is 0 Å². The van der Waals surface area contributed by atoms with Gasteiger partial charge in [-0.15, -0.1) is 0 Å². The van der Waals surface area contributed by atoms with E-state index in [1.807, 2.05) is 13.8 Å². The summed E-state index contributed by atoms with van der Waals surface area (Å²) in [6, 6.07) is 0.493. The van der Waals surface area contributed by atoms with Gasteiger partial charge in [0.2, 0.25) is 5.91 Å². The van der Waals surface area contributed by atoms with Crippen molar-refractivity contribution in [1.82, 2.24) is 5.32 Å². The molecule has 0 spiro atoms. The third-order valence-corrected chi connectivity index (χ3v) is 1.15. The second kappa shape index (κ2) is 10.4. The minimum Gasteiger partial charge on any atom is -0.370 e. The van der Waals surface area contributed by atoms with Crippen molar-refractivity contribution in [2.75, 3.05) is 6.54 Å². The van der Waals surface area contributed by atoms with Gasteiger partial charge in [0.05, 0.1) is 0 Å². The molecule has 0 aliphatic heterocycles. The predicted molar refractivity (Wildman–Crippen MR) is 57.1 cm³/mol. The molecular weight excluding hydrogens is 152 g/mol. The smallest absolute Gasteiger partial charge is 0.217 e. The molecule has 3 N–H and O–H groups in total. The Morgan fingerprint density at radius 2 is 2.00 bits per heavy atom. The van der Waals surface area contributed by atoms with Crippen LogP contribution in [-0.4, -0.2) is 18.5 Å². The van der Waals surface area contributed by atoms with Gasteiger partial charge >= 0.3 is 0 Å². The van der Waals surface area contributed by atoms with E-state index in [2.05, 4.69) is 19.2 Å². The molecule has 0 fully saturated rings. The average Bonchev–Trinajstić information content (AvgIpc) is 2.02. The number of nitrogens with one attached hydrogen (secondary N) is 1. The maximum atomic E-state index is 10.2. The first-order chi connectivity index (χ1) is 5.63. The van der Waals surface area contributed by atoms with Gasteiger partial charge in [-0.2, -0.15) is 0 Å². The van der Waals surface area contributed by atoms with Gasteiger partial charge < -0.3 is 11.1 Å². The van der Waals surface area contributed by atoms with Crippen LogP contribution in [0.1, 0.15) is 43.4 Å². The molecule has 12 heavy (non-hydrogen) atoms. The molecule has 0 saturated heterocycles. The van der Waals surface area contributed by atoms with E-state index in [0.717, 1.165) is 13.0 Å². The summed E-state index contributed by atoms with van der Waals surface area (Å²) in [6.45, 7) is 9.02. The number of carbonyl (C=O) groups is 1. The number of hydrogen-bond acceptors (Lipinski definition) is 2. The second-order valence-corrected chi connectivity index (χ2v) is 2.68. The Bertz CT molecular complexity index is 111. The summed E-state index contributed by atoms with van der Waals surface area (Å²) in [5.74, 6) is -0.217. The standard InChI is InChI=1S/C7H16N2O.C2H6.2H2/c1-6(2)9-5-3-4-7(8)10;1-2;;/h6,9H,3-5H2,1-2H3,(H2,8,10);1-2H3;2*1H. The Kier molecular flexibility index (Phi) is 12.2. The zero-order valence-electron chi connectivity index (χ0n) is 8.68. The Labute approximate surface area is 78.7 Å². The lowest BCUT2D eigenvalue weighted by molar-refractivity contribution is -0.118. The number of amides is 1. The summed E-state index contributed by atoms with van der Waals surface area (Å²) < 4.78 is 0. The molecule has 0 unspecified atom stereocenters. The summed E-state index contributed by atoms with van der Waals surface area (Å²) in [5, 5.41) is 3.19. The molecule has 0 atom stereocenters. The molecular formula is C9H26N2O. The fourth-order valence-electron chi connectivity index (χ4n) is 0.653. The van der Waals surface area contributed by atoms with Gasteiger partial charge in [-0.3, -0.25) is 4.79 Å². The van der Waals surface area contributed by atoms with Crippen LogP contribution in [0.5, 0.6) is 0 Å². The Balaban J connectivity index is -0.000000117. The second-order valence-electron chi connectivity index (χ2n) is 2.68. The molecule has 0 heterocycles. The highest BCUT2D eigenvalue weighted by molar-refractivity contribution is 5.73. The first-order valence-electron chi connectivity index (χ1n) is 4.64. The third-order valence-electron chi connectivity index (χ3n) is 1.15. The van der Waals surface area contributed by atoms with Crippen LogP contribution in [0.3, 0.4) is 0 Å². The monoisotopic (exact) mass is 178 g/mol. The van der Waals surface area contributed by atoms with E-state index in [4.69, 9.17) is 5.73 Å². The molecule has 3 nitrogen and oxygen atoms in total. The maximum absolute atomic E-state index is 10.2. The molecule has 0 aromatic rings. The largest absolute Gasteiger partial charge is 0.370 e. The van der Waals surface area contributed by atoms with Crippen molar-refractivity contribution in [1.29, 1.82) is 0 Å². The number of nitrogens with two attached hydrogens (primary N) is 1. The number of primary amides is 1. The van der Waals surface area contributed by atoms with Gasteiger partial charge in [0.1, 0.15) is 0 Å². The molecule has 0 rings (SSSR count). The van der Waals surface area contributed by atoms with E-state index in [9.17, 15) is 4.79 Å². The lowest BCUT2D eigenvalue weighted by Crippen LogP contribution is -2.24. The molecule has 1 amide bonds. The summed E-state index contributed by atoms with van der Waals surface area (Å²) in [5.41, 5.74) is 4.94. The first kappa shape index (κ1) is 14.0. The van der Waals surface area contributed by atoms with Crippen molar-refractivity contribution in [3.8, 4) is 0 Å². The zero-order valence-corrected chi connectivity index (χ0v) is 8.68. The van der Waals surface area contributed by atoms with Crippen LogP contribution in [-0.2, 0) is 4.79 Å². The SMILES string of the molecule is CC.CC(C)NCCCC(N)=O.[HH].[HH]. The minimum atomic E-state index is -0.217. The van der Waals surface area contributed by atoms with Crippen molar-refractivity contribution in [3.63, 3.8) is 0 Å². The van der Waals surface area contributed by atoms with E-state index in [1.54, 1.807) is 0 Å². The molecule has 0 aliphatic rings. The van der Waals surface area contributed by atoms with Crippen molar-refractivity contribution in [2.45, 2.75) is 46.6 Å². The first-order valence-corrected chi connectivity index (χ1v) is 4.64. The zero-order chi connectivity index (χ0) is 9.98. The fraction of sp³-hybridized carbons (Fsp3) is 0.889. The lowest BCUT2D eigenvalue weighted by atomic mass is 10.3. The minimum absolute atomic E-state index is 0. The van der Waals surface area contributed by atoms with E-state index < -0.39 is 0 Å². The van der Waals surface area contributed by atoms with Crippen LogP contribution in [0.4, 0.5) is 0 Å². The van der Waals surface area contributed by atoms with Crippen LogP contribution in [0.25, 0.3) is 0 Å². The van der Waals surface area contributed by atoms with Crippen LogP contribution >= 0.6 is 0 Å². The van der Waals surface area contributed by atoms with E-state index in [0.29, 0.717) is 12.5 Å². The van der Waals surface area contributed by atoms with Crippen molar-refractivity contribution >= 4 is 5.91 Å². The highest BCUT2D eigenvalue weighted by Crippen LogP contribution is 1.85. The normalized spacial score (nSPS) is 9.08. The van der Waals surface area contributed by atoms with Crippen molar-refractivity contribution < 1.29 is 7.65 Å². The molecule has 0 aliphatic carbocycles. The van der Waals surface area contributed by atoms with E-state index in [1.165, 1.54) is 0 Å². The summed E-state index contributed by atoms with van der Waals surface area (Å²) in [4.78, 5) is 10.2. The predicted octanol–water partition coefficient (Wildman–Crippen LogP) is 1.77. The highest BCUT2D eigenvalue weighted by atomic mass is 16.1. The molecule has 3 heteroatoms. The van der Waals surface area contributed by atoms with Crippen LogP contribution in [0, 0.1) is 0 Å². The van der Waals surface area contributed by atoms with Gasteiger partial charge in [-0.1, -0.05) is 27.7 Å². The molecule has 0 aromatic heterocycles. The lowest BCUT2D eigenvalue weighted by Gasteiger charge is -2.05. The summed E-state index contributed by atoms with van der Waals surface area (Å²) in [7, 11) is 0. The molecule has 78 valence electrons. The van der Waals surface area contributed by atoms with Gasteiger partial charge in [0.15, 0.2) is 0 Å². The van der Waals surface area contributed by atoms with Gasteiger partial charge in [0.25, 0.3) is 0 Å². The Hall–Kier alpha value is -0.570. The average molecular weight is 178 g/mol. The van der Waals surface area contributed by atoms with Crippen LogP contribution < -0.4 is 11.1 Å². The molecule has 0 radical (unpaired) electrons. The van der Waals surface area contributed by atoms with Gasteiger partial charge in [-0.05, 0) is 13.0 Å². The summed E-state index contributed by atoms with van der Waals surface area (Å²) >= 11 is 0. The number of carbonyl (C=O) groups excluding carboxylic acids is 1. The molecule has 0 saturated carbocycles. The Morgan fingerprint density at radius 1 is 1.50 bits per heavy atom. The number of rotatable bonds is 5. The maximum Gasteiger partial charge on any atom is 0.217 e. The van der Waals surface area contributed by atoms with Crippen molar-refractivity contribution in [2.24, 2.45) is 5.73 Å². The van der Waals surface area contributed by atoms with E-state index >= 15 is 0 Å². The van der Waals surface area contributed by atoms with Gasteiger partial charge in [-0.25, -0.2) is 0 Å². The third kappa shape index (κ3) is 16.2. The quantitative estimate of drug-likeness (QED) is 0.630. The molecule has 0 bridgehead atoms. The molecule has 0 aromatic carbocycles. The van der Waals surface area contributed by atoms with Crippen LogP contribution in [0.2, 0.25) is 0 Å². The fourth-order valence-corrected chi connectivity index (χ4v) is 0.653. The Morgan fingerprint density at radius 3 is 2.33 bits per heavy atom. The number of hydrogen-bond donors (Lipinski definition) is 2. The van der Waals surface area contributed by atoms with Gasteiger partial charge in [0, 0.05) is 15.3 Å². The van der Waals surface area contributed by atoms with Crippen LogP contribution in [0.15, 0.2) is 0 Å². The summed E-state index contributed by atoms with van der Waals surface area (Å²) in [6.07, 6.45) is 1.33. The topological polar surface area (TPSA) is 55.1 Å².